The van der Waals surface area contributed by atoms with Gasteiger partial charge in [-0.3, -0.25) is 0 Å². The van der Waals surface area contributed by atoms with Crippen LogP contribution in [0.2, 0.25) is 0 Å². The zero-order chi connectivity index (χ0) is 10.9. The van der Waals surface area contributed by atoms with Gasteiger partial charge in [0.15, 0.2) is 0 Å². The fraction of sp³-hybridized carbons (Fsp3) is 1.00. The van der Waals surface area contributed by atoms with Gasteiger partial charge in [0.2, 0.25) is 0 Å². The van der Waals surface area contributed by atoms with Gasteiger partial charge < -0.3 is 17.0 Å². The largest absolute Gasteiger partial charge is 1.00 e. The Balaban J connectivity index is 0. The van der Waals surface area contributed by atoms with Crippen LogP contribution in [0.25, 0.3) is 0 Å². The van der Waals surface area contributed by atoms with Gasteiger partial charge in [-0.2, -0.15) is 4.65 Å². The van der Waals surface area contributed by atoms with Crippen LogP contribution in [0.5, 0.6) is 0 Å². The molecule has 0 amide bonds. The van der Waals surface area contributed by atoms with Crippen LogP contribution in [-0.2, 0) is 14.9 Å². The SMILES string of the molecule is CCCCCCCOOO[N+](C)(C)C.[Br-]. The Kier molecular flexibility index (Phi) is 12.8. The molecule has 0 rings (SSSR count). The van der Waals surface area contributed by atoms with Crippen molar-refractivity contribution in [1.29, 1.82) is 0 Å². The molecule has 0 bridgehead atoms. The van der Waals surface area contributed by atoms with E-state index in [1.54, 1.807) is 0 Å². The lowest BCUT2D eigenvalue weighted by Crippen LogP contribution is -3.00. The molecule has 0 heterocycles. The van der Waals surface area contributed by atoms with Gasteiger partial charge in [0.1, 0.15) is 21.1 Å². The van der Waals surface area contributed by atoms with E-state index in [1.807, 2.05) is 21.1 Å². The predicted octanol–water partition coefficient (Wildman–Crippen LogP) is -0.538. The smallest absolute Gasteiger partial charge is 0.101 e. The van der Waals surface area contributed by atoms with Crippen molar-refractivity contribution in [2.75, 3.05) is 27.7 Å². The van der Waals surface area contributed by atoms with Gasteiger partial charge in [-0.1, -0.05) is 32.6 Å². The van der Waals surface area contributed by atoms with E-state index in [4.69, 9.17) is 9.88 Å². The highest BCUT2D eigenvalue weighted by molar-refractivity contribution is 4.39. The summed E-state index contributed by atoms with van der Waals surface area (Å²) >= 11 is 0. The Bertz CT molecular complexity index is 128. The number of halogens is 1. The lowest BCUT2D eigenvalue weighted by molar-refractivity contribution is -1.13. The molecule has 0 aromatic heterocycles. The molecule has 0 unspecified atom stereocenters. The van der Waals surface area contributed by atoms with Gasteiger partial charge >= 0.3 is 0 Å². The number of hydrogen-bond acceptors (Lipinski definition) is 3. The Hall–Kier alpha value is 0.320. The summed E-state index contributed by atoms with van der Waals surface area (Å²) in [6, 6.07) is 0. The summed E-state index contributed by atoms with van der Waals surface area (Å²) in [4.78, 5) is 9.72. The highest BCUT2D eigenvalue weighted by Crippen LogP contribution is 2.03. The van der Waals surface area contributed by atoms with Gasteiger partial charge in [-0.05, 0) is 16.4 Å². The lowest BCUT2D eigenvalue weighted by Gasteiger charge is -2.16. The second-order valence-corrected chi connectivity index (χ2v) is 4.27. The number of rotatable bonds is 9. The van der Waals surface area contributed by atoms with E-state index in [-0.39, 0.29) is 21.6 Å². The highest BCUT2D eigenvalue weighted by Gasteiger charge is 2.09. The maximum Gasteiger partial charge on any atom is 0.101 e. The summed E-state index contributed by atoms with van der Waals surface area (Å²) in [7, 11) is 5.56. The third kappa shape index (κ3) is 17.0. The molecule has 0 aliphatic heterocycles. The maximum absolute atomic E-state index is 4.87. The number of hydrogen-bond donors (Lipinski definition) is 0. The van der Waals surface area contributed by atoms with Crippen molar-refractivity contribution in [3.8, 4) is 0 Å². The third-order valence-corrected chi connectivity index (χ3v) is 1.63. The van der Waals surface area contributed by atoms with Gasteiger partial charge in [0.25, 0.3) is 0 Å². The van der Waals surface area contributed by atoms with Gasteiger partial charge in [-0.25, -0.2) is 4.89 Å². The van der Waals surface area contributed by atoms with Crippen LogP contribution in [0.1, 0.15) is 39.0 Å². The Labute approximate surface area is 104 Å². The van der Waals surface area contributed by atoms with E-state index in [9.17, 15) is 0 Å². The van der Waals surface area contributed by atoms with Crippen LogP contribution < -0.4 is 17.0 Å². The first-order valence-electron chi connectivity index (χ1n) is 5.35. The quantitative estimate of drug-likeness (QED) is 0.247. The van der Waals surface area contributed by atoms with Crippen LogP contribution in [0, 0.1) is 0 Å². The van der Waals surface area contributed by atoms with Gasteiger partial charge in [0.05, 0.1) is 6.61 Å². The fourth-order valence-corrected chi connectivity index (χ4v) is 0.911. The third-order valence-electron chi connectivity index (χ3n) is 1.63. The first kappa shape index (κ1) is 17.7. The number of unbranched alkanes of at least 4 members (excludes halogenated alkanes) is 4. The zero-order valence-electron chi connectivity index (χ0n) is 10.3. The Morgan fingerprint density at radius 1 is 0.933 bits per heavy atom. The van der Waals surface area contributed by atoms with Crippen LogP contribution in [0.15, 0.2) is 0 Å². The second kappa shape index (κ2) is 10.8. The maximum atomic E-state index is 4.87. The average Bonchev–Trinajstić information content (AvgIpc) is 2.08. The number of hydroxylamine groups is 3. The van der Waals surface area contributed by atoms with Gasteiger partial charge in [0, 0.05) is 0 Å². The van der Waals surface area contributed by atoms with E-state index in [0.29, 0.717) is 6.61 Å². The van der Waals surface area contributed by atoms with E-state index < -0.39 is 0 Å². The van der Waals surface area contributed by atoms with E-state index in [1.165, 1.54) is 25.7 Å². The molecule has 0 aromatic carbocycles. The molecular formula is C10H24BrNO3. The lowest BCUT2D eigenvalue weighted by atomic mass is 10.2. The molecule has 0 fully saturated rings. The van der Waals surface area contributed by atoms with Crippen molar-refractivity contribution in [2.24, 2.45) is 0 Å². The minimum absolute atomic E-state index is 0. The van der Waals surface area contributed by atoms with Crippen molar-refractivity contribution in [3.63, 3.8) is 0 Å². The molecule has 4 nitrogen and oxygen atoms in total. The molecule has 94 valence electrons. The molecule has 15 heavy (non-hydrogen) atoms. The Morgan fingerprint density at radius 2 is 1.53 bits per heavy atom. The molecule has 0 aromatic rings. The monoisotopic (exact) mass is 285 g/mol. The first-order valence-corrected chi connectivity index (χ1v) is 5.35. The van der Waals surface area contributed by atoms with Crippen molar-refractivity contribution >= 4 is 0 Å². The second-order valence-electron chi connectivity index (χ2n) is 4.27. The molecule has 0 atom stereocenters. The molecule has 0 N–H and O–H groups in total. The first-order chi connectivity index (χ1) is 6.56. The van der Waals surface area contributed by atoms with Crippen molar-refractivity contribution < 1.29 is 36.5 Å². The summed E-state index contributed by atoms with van der Waals surface area (Å²) in [6.07, 6.45) is 6.07. The normalized spacial score (nSPS) is 11.2. The number of nitrogens with zero attached hydrogens (tertiary/aromatic N) is 1. The predicted molar refractivity (Wildman–Crippen MR) is 54.9 cm³/mol. The standard InChI is InChI=1S/C10H24NO3.BrH/c1-5-6-7-8-9-10-12-14-13-11(2,3)4;/h5-10H2,1-4H3;1H/q+1;/p-1. The minimum atomic E-state index is 0. The summed E-state index contributed by atoms with van der Waals surface area (Å²) in [5, 5.41) is 4.58. The van der Waals surface area contributed by atoms with E-state index >= 15 is 0 Å². The van der Waals surface area contributed by atoms with Crippen LogP contribution in [0.4, 0.5) is 0 Å². The molecular weight excluding hydrogens is 262 g/mol. The van der Waals surface area contributed by atoms with E-state index in [2.05, 4.69) is 12.0 Å². The Morgan fingerprint density at radius 3 is 2.07 bits per heavy atom. The summed E-state index contributed by atoms with van der Waals surface area (Å²) in [5.41, 5.74) is 0. The topological polar surface area (TPSA) is 27.7 Å². The molecule has 0 radical (unpaired) electrons. The van der Waals surface area contributed by atoms with Crippen molar-refractivity contribution in [1.82, 2.24) is 0 Å². The van der Waals surface area contributed by atoms with Crippen LogP contribution in [-0.4, -0.2) is 32.4 Å². The molecule has 0 aliphatic carbocycles. The van der Waals surface area contributed by atoms with Crippen LogP contribution in [0.3, 0.4) is 0 Å². The molecule has 0 aliphatic rings. The average molecular weight is 286 g/mol. The van der Waals surface area contributed by atoms with Crippen molar-refractivity contribution in [3.05, 3.63) is 0 Å². The zero-order valence-corrected chi connectivity index (χ0v) is 11.9. The van der Waals surface area contributed by atoms with Gasteiger partial charge in [-0.15, -0.1) is 0 Å². The van der Waals surface area contributed by atoms with Crippen LogP contribution >= 0.6 is 0 Å². The molecule has 0 saturated heterocycles. The minimum Gasteiger partial charge on any atom is -1.00 e. The summed E-state index contributed by atoms with van der Waals surface area (Å²) in [6.45, 7) is 2.80. The van der Waals surface area contributed by atoms with E-state index in [0.717, 1.165) is 6.42 Å². The molecule has 5 heteroatoms. The molecule has 0 spiro atoms. The fourth-order valence-electron chi connectivity index (χ4n) is 0.911. The summed E-state index contributed by atoms with van der Waals surface area (Å²) in [5.74, 6) is 0. The highest BCUT2D eigenvalue weighted by atomic mass is 79.9. The molecule has 0 saturated carbocycles. The summed E-state index contributed by atoms with van der Waals surface area (Å²) < 4.78 is 0.274. The number of quaternary nitrogens is 1. The van der Waals surface area contributed by atoms with Crippen molar-refractivity contribution in [2.45, 2.75) is 39.0 Å².